The molecule has 1 fully saturated rings. The average Bonchev–Trinajstić information content (AvgIpc) is 3.34. The molecule has 1 unspecified atom stereocenters. The first-order valence-electron chi connectivity index (χ1n) is 8.72. The zero-order valence-electron chi connectivity index (χ0n) is 15.1. The van der Waals surface area contributed by atoms with E-state index in [9.17, 15) is 13.2 Å². The first kappa shape index (κ1) is 19.9. The Kier molecular flexibility index (Phi) is 6.98. The lowest BCUT2D eigenvalue weighted by atomic mass is 10.1. The van der Waals surface area contributed by atoms with Crippen LogP contribution in [0.2, 0.25) is 0 Å². The molecule has 0 spiro atoms. The van der Waals surface area contributed by atoms with Crippen LogP contribution in [0.3, 0.4) is 0 Å². The van der Waals surface area contributed by atoms with Crippen LogP contribution in [0, 0.1) is 5.92 Å². The predicted molar refractivity (Wildman–Crippen MR) is 97.3 cm³/mol. The minimum atomic E-state index is -3.33. The zero-order chi connectivity index (χ0) is 18.4. The number of hydrogen-bond donors (Lipinski definition) is 2. The minimum Gasteiger partial charge on any atom is -0.368 e. The molecule has 1 saturated carbocycles. The van der Waals surface area contributed by atoms with Crippen LogP contribution in [0.15, 0.2) is 24.3 Å². The number of sulfonamides is 1. The normalized spacial score (nSPS) is 16.0. The van der Waals surface area contributed by atoms with Crippen molar-refractivity contribution < 1.29 is 17.9 Å². The van der Waals surface area contributed by atoms with Crippen molar-refractivity contribution in [2.75, 3.05) is 6.61 Å². The molecule has 0 aromatic heterocycles. The van der Waals surface area contributed by atoms with E-state index in [-0.39, 0.29) is 17.7 Å². The Morgan fingerprint density at radius 3 is 2.32 bits per heavy atom. The number of hydrogen-bond acceptors (Lipinski definition) is 4. The summed E-state index contributed by atoms with van der Waals surface area (Å²) in [5.41, 5.74) is 1.63. The Balaban J connectivity index is 1.78. The van der Waals surface area contributed by atoms with E-state index in [1.54, 1.807) is 32.9 Å². The van der Waals surface area contributed by atoms with Crippen LogP contribution in [0.25, 0.3) is 0 Å². The van der Waals surface area contributed by atoms with E-state index in [2.05, 4.69) is 10.0 Å². The molecule has 0 heterocycles. The van der Waals surface area contributed by atoms with Gasteiger partial charge in [0.2, 0.25) is 15.9 Å². The van der Waals surface area contributed by atoms with E-state index in [0.717, 1.165) is 5.56 Å². The van der Waals surface area contributed by atoms with E-state index in [0.29, 0.717) is 24.6 Å². The van der Waals surface area contributed by atoms with Gasteiger partial charge in [0.15, 0.2) is 0 Å². The molecule has 0 radical (unpaired) electrons. The van der Waals surface area contributed by atoms with Crippen LogP contribution >= 0.6 is 0 Å². The Labute approximate surface area is 150 Å². The summed E-state index contributed by atoms with van der Waals surface area (Å²) in [6, 6.07) is 7.08. The summed E-state index contributed by atoms with van der Waals surface area (Å²) < 4.78 is 31.9. The highest BCUT2D eigenvalue weighted by Crippen LogP contribution is 2.29. The van der Waals surface area contributed by atoms with Crippen molar-refractivity contribution in [2.45, 2.75) is 58.1 Å². The molecular formula is C18H28N2O4S. The van der Waals surface area contributed by atoms with Gasteiger partial charge in [0.25, 0.3) is 0 Å². The molecule has 1 aromatic rings. The maximum absolute atomic E-state index is 12.0. The van der Waals surface area contributed by atoms with Crippen LogP contribution in [0.4, 0.5) is 0 Å². The van der Waals surface area contributed by atoms with E-state index in [1.807, 2.05) is 12.1 Å². The van der Waals surface area contributed by atoms with Crippen molar-refractivity contribution in [1.29, 1.82) is 0 Å². The second-order valence-electron chi connectivity index (χ2n) is 6.98. The molecule has 25 heavy (non-hydrogen) atoms. The third-order valence-corrected chi connectivity index (χ3v) is 5.45. The van der Waals surface area contributed by atoms with Gasteiger partial charge in [0, 0.05) is 12.6 Å². The number of carbonyl (C=O) groups is 1. The van der Waals surface area contributed by atoms with E-state index in [4.69, 9.17) is 4.74 Å². The van der Waals surface area contributed by atoms with Gasteiger partial charge in [-0.2, -0.15) is 0 Å². The van der Waals surface area contributed by atoms with Gasteiger partial charge < -0.3 is 10.1 Å². The number of amides is 1. The summed E-state index contributed by atoms with van der Waals surface area (Å²) in [6.07, 6.45) is 1.94. The number of rotatable bonds is 10. The topological polar surface area (TPSA) is 84.5 Å². The molecule has 1 atom stereocenters. The highest BCUT2D eigenvalue weighted by Gasteiger charge is 2.23. The molecule has 6 nitrogen and oxygen atoms in total. The van der Waals surface area contributed by atoms with Crippen LogP contribution < -0.4 is 10.0 Å². The first-order valence-corrected chi connectivity index (χ1v) is 10.4. The molecule has 0 aliphatic heterocycles. The van der Waals surface area contributed by atoms with Crippen molar-refractivity contribution in [3.8, 4) is 0 Å². The second kappa shape index (κ2) is 8.78. The SMILES string of the molecule is CC(C)NS(=O)(=O)Cc1ccc(CNC(=O)C(C)OCC2CC2)cc1. The van der Waals surface area contributed by atoms with Crippen molar-refractivity contribution >= 4 is 15.9 Å². The van der Waals surface area contributed by atoms with Crippen molar-refractivity contribution in [2.24, 2.45) is 5.92 Å². The predicted octanol–water partition coefficient (Wildman–Crippen LogP) is 1.95. The number of ether oxygens (including phenoxy) is 1. The zero-order valence-corrected chi connectivity index (χ0v) is 15.9. The Morgan fingerprint density at radius 2 is 1.76 bits per heavy atom. The Bertz CT molecular complexity index is 667. The number of nitrogens with one attached hydrogen (secondary N) is 2. The molecule has 1 aliphatic rings. The van der Waals surface area contributed by atoms with Gasteiger partial charge in [-0.1, -0.05) is 24.3 Å². The highest BCUT2D eigenvalue weighted by molar-refractivity contribution is 7.88. The maximum atomic E-state index is 12.0. The summed E-state index contributed by atoms with van der Waals surface area (Å²) in [7, 11) is -3.33. The van der Waals surface area contributed by atoms with Gasteiger partial charge in [-0.3, -0.25) is 4.79 Å². The fourth-order valence-corrected chi connectivity index (χ4v) is 3.78. The molecule has 1 amide bonds. The lowest BCUT2D eigenvalue weighted by Gasteiger charge is -2.13. The van der Waals surface area contributed by atoms with Gasteiger partial charge in [-0.25, -0.2) is 13.1 Å². The molecule has 0 saturated heterocycles. The molecule has 140 valence electrons. The summed E-state index contributed by atoms with van der Waals surface area (Å²) in [5.74, 6) is 0.446. The monoisotopic (exact) mass is 368 g/mol. The number of benzene rings is 1. The van der Waals surface area contributed by atoms with Crippen LogP contribution in [-0.2, 0) is 31.9 Å². The molecule has 1 aromatic carbocycles. The molecule has 2 N–H and O–H groups in total. The second-order valence-corrected chi connectivity index (χ2v) is 8.74. The highest BCUT2D eigenvalue weighted by atomic mass is 32.2. The van der Waals surface area contributed by atoms with Gasteiger partial charge in [-0.05, 0) is 50.7 Å². The fraction of sp³-hybridized carbons (Fsp3) is 0.611. The van der Waals surface area contributed by atoms with Crippen LogP contribution in [-0.4, -0.2) is 33.1 Å². The summed E-state index contributed by atoms with van der Waals surface area (Å²) >= 11 is 0. The molecule has 1 aliphatic carbocycles. The van der Waals surface area contributed by atoms with Crippen molar-refractivity contribution in [3.05, 3.63) is 35.4 Å². The minimum absolute atomic E-state index is 0.0517. The number of carbonyl (C=O) groups excluding carboxylic acids is 1. The summed E-state index contributed by atoms with van der Waals surface area (Å²) in [5, 5.41) is 2.84. The van der Waals surface area contributed by atoms with Gasteiger partial charge >= 0.3 is 0 Å². The quantitative estimate of drug-likeness (QED) is 0.661. The van der Waals surface area contributed by atoms with E-state index >= 15 is 0 Å². The molecule has 0 bridgehead atoms. The van der Waals surface area contributed by atoms with Crippen molar-refractivity contribution in [3.63, 3.8) is 0 Å². The van der Waals surface area contributed by atoms with Gasteiger partial charge in [0.05, 0.1) is 12.4 Å². The van der Waals surface area contributed by atoms with Crippen LogP contribution in [0.5, 0.6) is 0 Å². The first-order chi connectivity index (χ1) is 11.7. The smallest absolute Gasteiger partial charge is 0.249 e. The van der Waals surface area contributed by atoms with E-state index in [1.165, 1.54) is 12.8 Å². The summed E-state index contributed by atoms with van der Waals surface area (Å²) in [4.78, 5) is 12.0. The third-order valence-electron chi connectivity index (χ3n) is 3.91. The van der Waals surface area contributed by atoms with Gasteiger partial charge in [-0.15, -0.1) is 0 Å². The largest absolute Gasteiger partial charge is 0.368 e. The fourth-order valence-electron chi connectivity index (χ4n) is 2.35. The summed E-state index contributed by atoms with van der Waals surface area (Å²) in [6.45, 7) is 6.39. The molecule has 7 heteroatoms. The molecular weight excluding hydrogens is 340 g/mol. The van der Waals surface area contributed by atoms with Crippen molar-refractivity contribution in [1.82, 2.24) is 10.0 Å². The Morgan fingerprint density at radius 1 is 1.16 bits per heavy atom. The maximum Gasteiger partial charge on any atom is 0.249 e. The van der Waals surface area contributed by atoms with E-state index < -0.39 is 16.1 Å². The average molecular weight is 368 g/mol. The lowest BCUT2D eigenvalue weighted by Crippen LogP contribution is -2.34. The Hall–Kier alpha value is -1.44. The van der Waals surface area contributed by atoms with Crippen LogP contribution in [0.1, 0.15) is 44.7 Å². The molecule has 2 rings (SSSR count). The third kappa shape index (κ3) is 7.54. The van der Waals surface area contributed by atoms with Gasteiger partial charge in [0.1, 0.15) is 6.10 Å². The standard InChI is InChI=1S/C18H28N2O4S/c1-13(2)20-25(22,23)12-17-8-4-15(5-9-17)10-19-18(21)14(3)24-11-16-6-7-16/h4-5,8-9,13-14,16,20H,6-7,10-12H2,1-3H3,(H,19,21). The lowest BCUT2D eigenvalue weighted by molar-refractivity contribution is -0.132.